The third-order valence-corrected chi connectivity index (χ3v) is 3.83. The first kappa shape index (κ1) is 16.4. The number of fused-ring (bicyclic) bond motifs is 1. The Labute approximate surface area is 141 Å². The van der Waals surface area contributed by atoms with Crippen LogP contribution in [0.25, 0.3) is 10.9 Å². The zero-order valence-corrected chi connectivity index (χ0v) is 12.9. The van der Waals surface area contributed by atoms with Crippen molar-refractivity contribution in [3.63, 3.8) is 0 Å². The highest BCUT2D eigenvalue weighted by molar-refractivity contribution is 6.23. The monoisotopic (exact) mass is 342 g/mol. The minimum absolute atomic E-state index is 0.0880. The number of aliphatic imine (C=N–C) groups is 1. The van der Waals surface area contributed by atoms with E-state index in [1.165, 1.54) is 0 Å². The van der Waals surface area contributed by atoms with Crippen molar-refractivity contribution in [1.29, 1.82) is 0 Å². The minimum atomic E-state index is -1.34. The smallest absolute Gasteiger partial charge is 0.328 e. The van der Waals surface area contributed by atoms with E-state index >= 15 is 0 Å². The zero-order valence-electron chi connectivity index (χ0n) is 12.9. The summed E-state index contributed by atoms with van der Waals surface area (Å²) in [5.41, 5.74) is 1.63. The lowest BCUT2D eigenvalue weighted by atomic mass is 10.0. The zero-order chi connectivity index (χ0) is 18.0. The summed E-state index contributed by atoms with van der Waals surface area (Å²) in [6.45, 7) is 0. The maximum Gasteiger partial charge on any atom is 0.328 e. The first-order valence-electron chi connectivity index (χ1n) is 7.42. The molecule has 4 N–H and O–H groups in total. The van der Waals surface area contributed by atoms with Gasteiger partial charge < -0.3 is 10.1 Å². The van der Waals surface area contributed by atoms with Crippen LogP contribution in [0.15, 0.2) is 35.5 Å². The number of carbonyl (C=O) groups is 4. The highest BCUT2D eigenvalue weighted by atomic mass is 16.4. The van der Waals surface area contributed by atoms with E-state index in [2.05, 4.69) is 9.98 Å². The van der Waals surface area contributed by atoms with Crippen LogP contribution in [0, 0.1) is 5.92 Å². The van der Waals surface area contributed by atoms with Gasteiger partial charge in [0.2, 0.25) is 11.8 Å². The number of barbiturate groups is 1. The second-order valence-electron chi connectivity index (χ2n) is 5.50. The number of aromatic amines is 1. The molecule has 3 rings (SSSR count). The van der Waals surface area contributed by atoms with E-state index in [1.807, 2.05) is 34.9 Å². The fraction of sp³-hybridized carbons (Fsp3) is 0.188. The standard InChI is InChI=1S/C16H14N4O5/c21-13-10(14(22)20-16(25)19-13)7-18-12(15(23)24)5-8-6-17-11-4-2-1-3-9(8)11/h1-4,6-7,10,12,17H,5H2,(H,23,24)(H2,19,20,21,22,25)/t12-/m1/s1. The van der Waals surface area contributed by atoms with Crippen LogP contribution in [0.5, 0.6) is 0 Å². The minimum Gasteiger partial charge on any atom is -0.480 e. The number of carboxylic acids is 1. The van der Waals surface area contributed by atoms with E-state index in [0.717, 1.165) is 22.7 Å². The molecule has 9 heteroatoms. The number of aliphatic carboxylic acids is 1. The van der Waals surface area contributed by atoms with Gasteiger partial charge >= 0.3 is 12.0 Å². The second kappa shape index (κ2) is 6.56. The number of nitrogens with one attached hydrogen (secondary N) is 3. The predicted molar refractivity (Wildman–Crippen MR) is 87.1 cm³/mol. The molecule has 1 fully saturated rings. The predicted octanol–water partition coefficient (Wildman–Crippen LogP) is 0.217. The molecular weight excluding hydrogens is 328 g/mol. The van der Waals surface area contributed by atoms with Gasteiger partial charge in [-0.15, -0.1) is 0 Å². The highest BCUT2D eigenvalue weighted by Crippen LogP contribution is 2.20. The number of para-hydroxylation sites is 1. The highest BCUT2D eigenvalue weighted by Gasteiger charge is 2.33. The molecular formula is C16H14N4O5. The summed E-state index contributed by atoms with van der Waals surface area (Å²) in [5.74, 6) is -4.21. The van der Waals surface area contributed by atoms with Gasteiger partial charge in [-0.1, -0.05) is 18.2 Å². The van der Waals surface area contributed by atoms with Crippen LogP contribution in [0.1, 0.15) is 5.56 Å². The topological polar surface area (TPSA) is 141 Å². The molecule has 1 atom stereocenters. The van der Waals surface area contributed by atoms with Gasteiger partial charge in [-0.2, -0.15) is 0 Å². The average molecular weight is 342 g/mol. The third kappa shape index (κ3) is 3.39. The summed E-state index contributed by atoms with van der Waals surface area (Å²) >= 11 is 0. The number of hydrogen-bond donors (Lipinski definition) is 4. The molecule has 2 aromatic rings. The van der Waals surface area contributed by atoms with Gasteiger partial charge in [-0.05, 0) is 11.6 Å². The normalized spacial score (nSPS) is 16.9. The molecule has 1 aromatic heterocycles. The van der Waals surface area contributed by atoms with E-state index in [0.29, 0.717) is 0 Å². The Morgan fingerprint density at radius 3 is 2.56 bits per heavy atom. The van der Waals surface area contributed by atoms with Crippen LogP contribution in [-0.2, 0) is 20.8 Å². The van der Waals surface area contributed by atoms with Crippen molar-refractivity contribution in [2.24, 2.45) is 10.9 Å². The Bertz CT molecular complexity index is 881. The van der Waals surface area contributed by atoms with E-state index in [4.69, 9.17) is 0 Å². The van der Waals surface area contributed by atoms with Crippen LogP contribution in [-0.4, -0.2) is 46.2 Å². The van der Waals surface area contributed by atoms with Gasteiger partial charge in [-0.3, -0.25) is 25.2 Å². The van der Waals surface area contributed by atoms with E-state index < -0.39 is 35.8 Å². The molecule has 9 nitrogen and oxygen atoms in total. The molecule has 1 saturated heterocycles. The number of carbonyl (C=O) groups excluding carboxylic acids is 3. The molecule has 0 radical (unpaired) electrons. The van der Waals surface area contributed by atoms with Crippen molar-refractivity contribution < 1.29 is 24.3 Å². The van der Waals surface area contributed by atoms with E-state index in [1.54, 1.807) is 6.20 Å². The molecule has 0 aliphatic carbocycles. The number of aromatic nitrogens is 1. The Morgan fingerprint density at radius 1 is 1.20 bits per heavy atom. The largest absolute Gasteiger partial charge is 0.480 e. The summed E-state index contributed by atoms with van der Waals surface area (Å²) in [5, 5.41) is 14.1. The number of nitrogens with zero attached hydrogens (tertiary/aromatic N) is 1. The maximum atomic E-state index is 11.7. The number of hydrogen-bond acceptors (Lipinski definition) is 5. The Hall–Kier alpha value is -3.49. The molecule has 4 amide bonds. The summed E-state index contributed by atoms with van der Waals surface area (Å²) in [6.07, 6.45) is 2.75. The van der Waals surface area contributed by atoms with Gasteiger partial charge in [0.1, 0.15) is 0 Å². The summed E-state index contributed by atoms with van der Waals surface area (Å²) in [4.78, 5) is 52.7. The van der Waals surface area contributed by atoms with Crippen LogP contribution >= 0.6 is 0 Å². The molecule has 0 saturated carbocycles. The van der Waals surface area contributed by atoms with Gasteiger partial charge in [0, 0.05) is 29.7 Å². The molecule has 2 heterocycles. The lowest BCUT2D eigenvalue weighted by Gasteiger charge is -2.17. The van der Waals surface area contributed by atoms with Gasteiger partial charge in [0.25, 0.3) is 0 Å². The number of imide groups is 2. The molecule has 1 aromatic carbocycles. The second-order valence-corrected chi connectivity index (χ2v) is 5.50. The fourth-order valence-corrected chi connectivity index (χ4v) is 2.57. The molecule has 0 unspecified atom stereocenters. The van der Waals surface area contributed by atoms with Crippen LogP contribution < -0.4 is 10.6 Å². The van der Waals surface area contributed by atoms with Crippen molar-refractivity contribution >= 4 is 40.9 Å². The van der Waals surface area contributed by atoms with Crippen molar-refractivity contribution in [3.05, 3.63) is 36.0 Å². The Kier molecular flexibility index (Phi) is 4.29. The molecule has 25 heavy (non-hydrogen) atoms. The number of amides is 4. The maximum absolute atomic E-state index is 11.7. The van der Waals surface area contributed by atoms with Crippen LogP contribution in [0.3, 0.4) is 0 Å². The third-order valence-electron chi connectivity index (χ3n) is 3.83. The van der Waals surface area contributed by atoms with Gasteiger partial charge in [-0.25, -0.2) is 9.59 Å². The average Bonchev–Trinajstić information content (AvgIpc) is 2.95. The van der Waals surface area contributed by atoms with Crippen molar-refractivity contribution in [1.82, 2.24) is 15.6 Å². The molecule has 0 bridgehead atoms. The molecule has 128 valence electrons. The van der Waals surface area contributed by atoms with Crippen molar-refractivity contribution in [3.8, 4) is 0 Å². The van der Waals surface area contributed by atoms with Gasteiger partial charge in [0.15, 0.2) is 12.0 Å². The lowest BCUT2D eigenvalue weighted by molar-refractivity contribution is -0.138. The van der Waals surface area contributed by atoms with Crippen molar-refractivity contribution in [2.75, 3.05) is 0 Å². The Morgan fingerprint density at radius 2 is 1.88 bits per heavy atom. The number of rotatable bonds is 5. The van der Waals surface area contributed by atoms with Gasteiger partial charge in [0.05, 0.1) is 0 Å². The summed E-state index contributed by atoms with van der Waals surface area (Å²) in [6, 6.07) is 5.35. The van der Waals surface area contributed by atoms with Crippen molar-refractivity contribution in [2.45, 2.75) is 12.5 Å². The number of urea groups is 1. The number of carboxylic acid groups (broad SMARTS) is 1. The number of H-pyrrole nitrogens is 1. The van der Waals surface area contributed by atoms with Crippen LogP contribution in [0.2, 0.25) is 0 Å². The quantitative estimate of drug-likeness (QED) is 0.454. The molecule has 1 aliphatic heterocycles. The SMILES string of the molecule is O=C1NC(=O)C(C=N[C@H](Cc2c[nH]c3ccccc23)C(=O)O)C(=O)N1. The molecule has 0 spiro atoms. The van der Waals surface area contributed by atoms with Crippen LogP contribution in [0.4, 0.5) is 4.79 Å². The first-order valence-corrected chi connectivity index (χ1v) is 7.42. The summed E-state index contributed by atoms with van der Waals surface area (Å²) in [7, 11) is 0. The number of benzene rings is 1. The molecule has 1 aliphatic rings. The lowest BCUT2D eigenvalue weighted by Crippen LogP contribution is -2.56. The summed E-state index contributed by atoms with van der Waals surface area (Å²) < 4.78 is 0. The van der Waals surface area contributed by atoms with E-state index in [9.17, 15) is 24.3 Å². The van der Waals surface area contributed by atoms with E-state index in [-0.39, 0.29) is 6.42 Å². The first-order chi connectivity index (χ1) is 12.0. The fourth-order valence-electron chi connectivity index (χ4n) is 2.57. The Balaban J connectivity index is 1.80.